The van der Waals surface area contributed by atoms with Crippen molar-refractivity contribution in [3.05, 3.63) is 52.5 Å². The number of nitrogens with one attached hydrogen (secondary N) is 1. The second kappa shape index (κ2) is 6.83. The molecule has 4 nitrogen and oxygen atoms in total. The van der Waals surface area contributed by atoms with Gasteiger partial charge < -0.3 is 5.32 Å². The summed E-state index contributed by atoms with van der Waals surface area (Å²) in [4.78, 5) is 19.8. The van der Waals surface area contributed by atoms with Gasteiger partial charge >= 0.3 is 0 Å². The lowest BCUT2D eigenvalue weighted by Gasteiger charge is -2.05. The molecule has 0 bridgehead atoms. The number of pyridine rings is 1. The van der Waals surface area contributed by atoms with E-state index in [2.05, 4.69) is 26.6 Å². The third-order valence-electron chi connectivity index (χ3n) is 3.65. The van der Waals surface area contributed by atoms with E-state index in [0.717, 1.165) is 38.2 Å². The van der Waals surface area contributed by atoms with E-state index in [9.17, 15) is 4.79 Å². The lowest BCUT2D eigenvalue weighted by molar-refractivity contribution is -0.121. The number of thiophene rings is 1. The van der Waals surface area contributed by atoms with Crippen molar-refractivity contribution in [2.24, 2.45) is 0 Å². The van der Waals surface area contributed by atoms with E-state index < -0.39 is 0 Å². The molecule has 0 saturated carbocycles. The van der Waals surface area contributed by atoms with Crippen LogP contribution in [0.1, 0.15) is 10.6 Å². The maximum atomic E-state index is 12.0. The van der Waals surface area contributed by atoms with Gasteiger partial charge in [0.2, 0.25) is 5.91 Å². The fourth-order valence-corrected chi connectivity index (χ4v) is 3.07. The molecule has 1 saturated heterocycles. The fraction of sp³-hybridized carbons (Fsp3) is 0.375. The molecule has 0 aliphatic carbocycles. The van der Waals surface area contributed by atoms with Crippen LogP contribution in [-0.4, -0.2) is 41.5 Å². The molecule has 0 radical (unpaired) electrons. The zero-order chi connectivity index (χ0) is 14.5. The number of hydrogen-bond acceptors (Lipinski definition) is 4. The van der Waals surface area contributed by atoms with E-state index in [1.165, 1.54) is 4.88 Å². The molecular formula is C16H19N3OS. The van der Waals surface area contributed by atoms with Crippen LogP contribution in [0.15, 0.2) is 41.9 Å². The van der Waals surface area contributed by atoms with Gasteiger partial charge in [0.05, 0.1) is 0 Å². The minimum absolute atomic E-state index is 0.0667. The molecule has 2 atom stereocenters. The molecule has 0 aromatic carbocycles. The highest BCUT2D eigenvalue weighted by Crippen LogP contribution is 2.17. The topological polar surface area (TPSA) is 45.0 Å². The van der Waals surface area contributed by atoms with Crippen LogP contribution < -0.4 is 5.32 Å². The molecular weight excluding hydrogens is 282 g/mol. The highest BCUT2D eigenvalue weighted by Gasteiger charge is 2.39. The molecule has 2 aromatic rings. The van der Waals surface area contributed by atoms with Crippen LogP contribution in [0.25, 0.3) is 0 Å². The van der Waals surface area contributed by atoms with Gasteiger partial charge in [0.1, 0.15) is 6.04 Å². The van der Waals surface area contributed by atoms with E-state index in [4.69, 9.17) is 0 Å². The Kier molecular flexibility index (Phi) is 4.62. The van der Waals surface area contributed by atoms with E-state index >= 15 is 0 Å². The Balaban J connectivity index is 1.34. The maximum absolute atomic E-state index is 12.0. The normalized spacial score (nSPS) is 20.2. The van der Waals surface area contributed by atoms with E-state index in [1.807, 2.05) is 30.5 Å². The number of amides is 1. The Bertz CT molecular complexity index is 570. The van der Waals surface area contributed by atoms with Gasteiger partial charge in [-0.3, -0.25) is 14.7 Å². The van der Waals surface area contributed by atoms with Crippen LogP contribution in [0, 0.1) is 0 Å². The minimum Gasteiger partial charge on any atom is -0.354 e. The second-order valence-corrected chi connectivity index (χ2v) is 6.23. The fourth-order valence-electron chi connectivity index (χ4n) is 2.36. The van der Waals surface area contributed by atoms with Gasteiger partial charge in [0.25, 0.3) is 0 Å². The Morgan fingerprint density at radius 3 is 3.05 bits per heavy atom. The molecule has 2 unspecified atom stereocenters. The zero-order valence-corrected chi connectivity index (χ0v) is 12.7. The summed E-state index contributed by atoms with van der Waals surface area (Å²) in [6.07, 6.45) is 3.64. The molecule has 0 spiro atoms. The summed E-state index contributed by atoms with van der Waals surface area (Å²) in [5.74, 6) is 0.160. The number of nitrogens with zero attached hydrogens (tertiary/aromatic N) is 2. The summed E-state index contributed by atoms with van der Waals surface area (Å²) in [7, 11) is 0. The third kappa shape index (κ3) is 4.12. The number of carbonyl (C=O) groups is 1. The van der Waals surface area contributed by atoms with Crippen molar-refractivity contribution in [2.45, 2.75) is 18.9 Å². The highest BCUT2D eigenvalue weighted by molar-refractivity contribution is 7.09. The summed E-state index contributed by atoms with van der Waals surface area (Å²) in [5, 5.41) is 5.09. The van der Waals surface area contributed by atoms with Crippen LogP contribution in [0.2, 0.25) is 0 Å². The van der Waals surface area contributed by atoms with Crippen molar-refractivity contribution >= 4 is 17.2 Å². The van der Waals surface area contributed by atoms with Crippen LogP contribution in [0.4, 0.5) is 0 Å². The summed E-state index contributed by atoms with van der Waals surface area (Å²) in [5.41, 5.74) is 1.08. The highest BCUT2D eigenvalue weighted by atomic mass is 32.1. The van der Waals surface area contributed by atoms with Crippen molar-refractivity contribution in [3.63, 3.8) is 0 Å². The maximum Gasteiger partial charge on any atom is 0.238 e. The van der Waals surface area contributed by atoms with Gasteiger partial charge in [-0.05, 0) is 30.0 Å². The van der Waals surface area contributed by atoms with Crippen LogP contribution in [0.5, 0.6) is 0 Å². The van der Waals surface area contributed by atoms with Gasteiger partial charge in [0.15, 0.2) is 0 Å². The summed E-state index contributed by atoms with van der Waals surface area (Å²) in [6, 6.07) is 10.2. The minimum atomic E-state index is 0.0667. The number of rotatable bonds is 7. The molecule has 1 N–H and O–H groups in total. The van der Waals surface area contributed by atoms with Crippen molar-refractivity contribution < 1.29 is 4.79 Å². The van der Waals surface area contributed by atoms with Crippen molar-refractivity contribution in [1.29, 1.82) is 0 Å². The van der Waals surface area contributed by atoms with Crippen LogP contribution in [-0.2, 0) is 17.6 Å². The van der Waals surface area contributed by atoms with Crippen LogP contribution >= 0.6 is 11.3 Å². The largest absolute Gasteiger partial charge is 0.354 e. The van der Waals surface area contributed by atoms with E-state index in [1.54, 1.807) is 11.3 Å². The lowest BCUT2D eigenvalue weighted by atomic mass is 10.3. The molecule has 1 fully saturated rings. The van der Waals surface area contributed by atoms with Gasteiger partial charge in [-0.25, -0.2) is 0 Å². The average molecular weight is 301 g/mol. The first-order valence-electron chi connectivity index (χ1n) is 7.27. The molecule has 1 amide bonds. The van der Waals surface area contributed by atoms with Crippen molar-refractivity contribution in [2.75, 3.05) is 19.6 Å². The molecule has 1 aliphatic heterocycles. The van der Waals surface area contributed by atoms with Crippen molar-refractivity contribution in [3.8, 4) is 0 Å². The Labute approximate surface area is 128 Å². The zero-order valence-electron chi connectivity index (χ0n) is 11.9. The molecule has 3 heterocycles. The van der Waals surface area contributed by atoms with Crippen LogP contribution in [0.3, 0.4) is 0 Å². The Morgan fingerprint density at radius 2 is 2.29 bits per heavy atom. The van der Waals surface area contributed by atoms with Gasteiger partial charge in [-0.15, -0.1) is 11.3 Å². The average Bonchev–Trinajstić information content (AvgIpc) is 3.12. The number of aromatic nitrogens is 1. The monoisotopic (exact) mass is 301 g/mol. The van der Waals surface area contributed by atoms with E-state index in [-0.39, 0.29) is 11.9 Å². The first-order chi connectivity index (χ1) is 10.3. The third-order valence-corrected chi connectivity index (χ3v) is 4.59. The van der Waals surface area contributed by atoms with Gasteiger partial charge in [-0.1, -0.05) is 12.1 Å². The summed E-state index contributed by atoms with van der Waals surface area (Å²) in [6.45, 7) is 2.50. The molecule has 5 heteroatoms. The first kappa shape index (κ1) is 14.2. The first-order valence-corrected chi connectivity index (χ1v) is 8.15. The predicted octanol–water partition coefficient (Wildman–Crippen LogP) is 1.73. The smallest absolute Gasteiger partial charge is 0.238 e. The van der Waals surface area contributed by atoms with Gasteiger partial charge in [0, 0.05) is 42.8 Å². The lowest BCUT2D eigenvalue weighted by Crippen LogP contribution is -2.31. The number of carbonyl (C=O) groups excluding carboxylic acids is 1. The Hall–Kier alpha value is -1.72. The summed E-state index contributed by atoms with van der Waals surface area (Å²) >= 11 is 1.74. The molecule has 110 valence electrons. The summed E-state index contributed by atoms with van der Waals surface area (Å²) < 4.78 is 0. The second-order valence-electron chi connectivity index (χ2n) is 5.20. The standard InChI is InChI=1S/C16H19N3OS/c20-16(18-9-6-14-5-3-11-21-14)15-12-19(15)10-7-13-4-1-2-8-17-13/h1-5,8,11,15H,6-7,9-10,12H2,(H,18,20). The quantitative estimate of drug-likeness (QED) is 0.792. The Morgan fingerprint density at radius 1 is 1.33 bits per heavy atom. The SMILES string of the molecule is O=C(NCCc1cccs1)C1CN1CCc1ccccn1. The predicted molar refractivity (Wildman–Crippen MR) is 84.3 cm³/mol. The van der Waals surface area contributed by atoms with E-state index in [0.29, 0.717) is 0 Å². The van der Waals surface area contributed by atoms with Gasteiger partial charge in [-0.2, -0.15) is 0 Å². The molecule has 3 rings (SSSR count). The molecule has 21 heavy (non-hydrogen) atoms. The van der Waals surface area contributed by atoms with Crippen molar-refractivity contribution in [1.82, 2.24) is 15.2 Å². The molecule has 1 aliphatic rings. The molecule has 2 aromatic heterocycles. The number of hydrogen-bond donors (Lipinski definition) is 1.